The number of rotatable bonds is 6. The third-order valence-corrected chi connectivity index (χ3v) is 4.47. The van der Waals surface area contributed by atoms with Crippen molar-refractivity contribution in [1.29, 1.82) is 0 Å². The monoisotopic (exact) mass is 417 g/mol. The molecule has 0 radical (unpaired) electrons. The van der Waals surface area contributed by atoms with Crippen molar-refractivity contribution in [2.45, 2.75) is 44.6 Å². The fourth-order valence-electron chi connectivity index (χ4n) is 2.81. The van der Waals surface area contributed by atoms with Gasteiger partial charge in [0.05, 0.1) is 6.10 Å². The van der Waals surface area contributed by atoms with E-state index in [9.17, 15) is 4.79 Å². The maximum absolute atomic E-state index is 12.2. The molecule has 25 heavy (non-hydrogen) atoms. The molecule has 1 aromatic carbocycles. The quantitative estimate of drug-likeness (QED) is 0.765. The number of methoxy groups -OCH3 is 2. The highest BCUT2D eigenvalue weighted by Crippen LogP contribution is 2.28. The van der Waals surface area contributed by atoms with Crippen LogP contribution in [-0.4, -0.2) is 57.6 Å². The Morgan fingerprint density at radius 3 is 2.36 bits per heavy atom. The highest BCUT2D eigenvalue weighted by molar-refractivity contribution is 9.10. The number of carbonyl (C=O) groups is 1. The van der Waals surface area contributed by atoms with Crippen LogP contribution in [-0.2, 0) is 23.7 Å². The summed E-state index contributed by atoms with van der Waals surface area (Å²) in [5.74, 6) is 0. The summed E-state index contributed by atoms with van der Waals surface area (Å²) < 4.78 is 28.8. The van der Waals surface area contributed by atoms with Crippen molar-refractivity contribution in [3.05, 3.63) is 28.7 Å². The average molecular weight is 418 g/mol. The molecule has 1 saturated heterocycles. The lowest BCUT2D eigenvalue weighted by Gasteiger charge is -2.43. The Morgan fingerprint density at radius 2 is 1.80 bits per heavy atom. The van der Waals surface area contributed by atoms with Crippen LogP contribution in [0.5, 0.6) is 0 Å². The van der Waals surface area contributed by atoms with Crippen LogP contribution in [0.3, 0.4) is 0 Å². The number of nitrogens with one attached hydrogen (secondary N) is 1. The Morgan fingerprint density at radius 1 is 1.16 bits per heavy atom. The average Bonchev–Trinajstić information content (AvgIpc) is 2.57. The van der Waals surface area contributed by atoms with E-state index in [4.69, 9.17) is 23.7 Å². The molecule has 0 aromatic heterocycles. The molecule has 140 valence electrons. The maximum Gasteiger partial charge on any atom is 0.414 e. The third kappa shape index (κ3) is 5.15. The van der Waals surface area contributed by atoms with E-state index < -0.39 is 24.6 Å². The van der Waals surface area contributed by atoms with Gasteiger partial charge < -0.3 is 23.7 Å². The first-order chi connectivity index (χ1) is 12.0. The van der Waals surface area contributed by atoms with E-state index in [-0.39, 0.29) is 12.2 Å². The van der Waals surface area contributed by atoms with Gasteiger partial charge in [-0.05, 0) is 38.1 Å². The molecule has 1 N–H and O–H groups in total. The number of hydrogen-bond donors (Lipinski definition) is 1. The minimum Gasteiger partial charge on any atom is -0.416 e. The molecule has 1 fully saturated rings. The van der Waals surface area contributed by atoms with Crippen molar-refractivity contribution in [3.63, 3.8) is 0 Å². The van der Waals surface area contributed by atoms with Crippen molar-refractivity contribution in [1.82, 2.24) is 0 Å². The number of ether oxygens (including phenoxy) is 5. The molecule has 2 rings (SSSR count). The van der Waals surface area contributed by atoms with E-state index in [1.54, 1.807) is 19.2 Å². The molecule has 1 aromatic rings. The van der Waals surface area contributed by atoms with Crippen LogP contribution in [0.15, 0.2) is 28.7 Å². The van der Waals surface area contributed by atoms with Gasteiger partial charge in [-0.25, -0.2) is 4.79 Å². The molecule has 1 amide bonds. The Balaban J connectivity index is 2.05. The second-order valence-corrected chi connectivity index (χ2v) is 6.48. The predicted octanol–water partition coefficient (Wildman–Crippen LogP) is 3.18. The second-order valence-electron chi connectivity index (χ2n) is 5.57. The fourth-order valence-corrected chi connectivity index (χ4v) is 3.07. The van der Waals surface area contributed by atoms with Crippen LogP contribution in [0.25, 0.3) is 0 Å². The Labute approximate surface area is 156 Å². The summed E-state index contributed by atoms with van der Waals surface area (Å²) in [6.07, 6.45) is -3.19. The molecule has 1 aliphatic rings. The van der Waals surface area contributed by atoms with E-state index in [0.717, 1.165) is 4.47 Å². The SMILES string of the molecule is CCO[C@@H]1[C@H](OC)[C@@H](OC(=O)Nc2ccc(Br)cc2)O[C@H](C)[C@H]1OC. The second kappa shape index (κ2) is 9.49. The van der Waals surface area contributed by atoms with Crippen molar-refractivity contribution < 1.29 is 28.5 Å². The summed E-state index contributed by atoms with van der Waals surface area (Å²) in [5.41, 5.74) is 0.613. The molecule has 0 bridgehead atoms. The number of benzene rings is 1. The van der Waals surface area contributed by atoms with Crippen molar-refractivity contribution in [3.8, 4) is 0 Å². The first-order valence-electron chi connectivity index (χ1n) is 8.06. The highest BCUT2D eigenvalue weighted by atomic mass is 79.9. The number of amides is 1. The van der Waals surface area contributed by atoms with Gasteiger partial charge in [-0.2, -0.15) is 0 Å². The predicted molar refractivity (Wildman–Crippen MR) is 95.6 cm³/mol. The fraction of sp³-hybridized carbons (Fsp3) is 0.588. The molecule has 0 spiro atoms. The van der Waals surface area contributed by atoms with Crippen LogP contribution < -0.4 is 5.32 Å². The molecule has 5 atom stereocenters. The zero-order valence-corrected chi connectivity index (χ0v) is 16.3. The van der Waals surface area contributed by atoms with Crippen LogP contribution in [0.2, 0.25) is 0 Å². The molecule has 0 saturated carbocycles. The van der Waals surface area contributed by atoms with Gasteiger partial charge in [-0.3, -0.25) is 5.32 Å². The zero-order chi connectivity index (χ0) is 18.4. The summed E-state index contributed by atoms with van der Waals surface area (Å²) >= 11 is 3.34. The number of anilines is 1. The normalized spacial score (nSPS) is 29.2. The third-order valence-electron chi connectivity index (χ3n) is 3.94. The smallest absolute Gasteiger partial charge is 0.414 e. The van der Waals surface area contributed by atoms with Gasteiger partial charge in [0.2, 0.25) is 6.29 Å². The van der Waals surface area contributed by atoms with E-state index in [0.29, 0.717) is 12.3 Å². The van der Waals surface area contributed by atoms with Crippen LogP contribution in [0.1, 0.15) is 13.8 Å². The topological polar surface area (TPSA) is 75.3 Å². The van der Waals surface area contributed by atoms with Crippen molar-refractivity contribution in [2.75, 3.05) is 26.1 Å². The largest absolute Gasteiger partial charge is 0.416 e. The van der Waals surface area contributed by atoms with Crippen LogP contribution in [0.4, 0.5) is 10.5 Å². The first kappa shape index (κ1) is 20.1. The van der Waals surface area contributed by atoms with Crippen molar-refractivity contribution in [2.24, 2.45) is 0 Å². The Kier molecular flexibility index (Phi) is 7.64. The lowest BCUT2D eigenvalue weighted by molar-refractivity contribution is -0.292. The number of halogens is 1. The lowest BCUT2D eigenvalue weighted by Crippen LogP contribution is -2.60. The standard InChI is InChI=1S/C17H24BrNO6/c1-5-23-14-13(21-3)10(2)24-16(15(14)22-4)25-17(20)19-12-8-6-11(18)7-9-12/h6-10,13-16H,5H2,1-4H3,(H,19,20)/t10-,13-,14+,15+,16-/m1/s1. The summed E-state index contributed by atoms with van der Waals surface area (Å²) in [6, 6.07) is 7.16. The number of hydrogen-bond acceptors (Lipinski definition) is 6. The highest BCUT2D eigenvalue weighted by Gasteiger charge is 2.47. The van der Waals surface area contributed by atoms with Gasteiger partial charge in [0.25, 0.3) is 0 Å². The zero-order valence-electron chi connectivity index (χ0n) is 14.7. The van der Waals surface area contributed by atoms with E-state index in [1.807, 2.05) is 26.0 Å². The van der Waals surface area contributed by atoms with Gasteiger partial charge in [-0.15, -0.1) is 0 Å². The van der Waals surface area contributed by atoms with E-state index >= 15 is 0 Å². The van der Waals surface area contributed by atoms with E-state index in [2.05, 4.69) is 21.2 Å². The minimum atomic E-state index is -0.904. The van der Waals surface area contributed by atoms with E-state index in [1.165, 1.54) is 7.11 Å². The summed E-state index contributed by atoms with van der Waals surface area (Å²) in [6.45, 7) is 4.21. The lowest BCUT2D eigenvalue weighted by atomic mass is 9.99. The molecular weight excluding hydrogens is 394 g/mol. The summed E-state index contributed by atoms with van der Waals surface area (Å²) in [4.78, 5) is 12.2. The van der Waals surface area contributed by atoms with Gasteiger partial charge in [0.15, 0.2) is 0 Å². The molecule has 1 heterocycles. The number of carbonyl (C=O) groups excluding carboxylic acids is 1. The Bertz CT molecular complexity index is 555. The molecule has 0 aliphatic carbocycles. The first-order valence-corrected chi connectivity index (χ1v) is 8.85. The maximum atomic E-state index is 12.2. The summed E-state index contributed by atoms with van der Waals surface area (Å²) in [7, 11) is 3.11. The van der Waals surface area contributed by atoms with Gasteiger partial charge >= 0.3 is 6.09 Å². The van der Waals surface area contributed by atoms with Gasteiger partial charge in [0.1, 0.15) is 18.3 Å². The Hall–Kier alpha value is -1.19. The molecule has 1 aliphatic heterocycles. The van der Waals surface area contributed by atoms with Gasteiger partial charge in [0, 0.05) is 31.0 Å². The molecule has 8 heteroatoms. The van der Waals surface area contributed by atoms with Crippen LogP contribution >= 0.6 is 15.9 Å². The summed E-state index contributed by atoms with van der Waals surface area (Å²) in [5, 5.41) is 2.66. The van der Waals surface area contributed by atoms with Crippen LogP contribution in [0, 0.1) is 0 Å². The van der Waals surface area contributed by atoms with Crippen molar-refractivity contribution >= 4 is 27.7 Å². The molecular formula is C17H24BrNO6. The van der Waals surface area contributed by atoms with Gasteiger partial charge in [-0.1, -0.05) is 15.9 Å². The molecule has 0 unspecified atom stereocenters. The minimum absolute atomic E-state index is 0.320. The molecule has 7 nitrogen and oxygen atoms in total.